The molecule has 0 unspecified atom stereocenters. The normalized spacial score (nSPS) is 18.7. The van der Waals surface area contributed by atoms with Crippen LogP contribution in [0.5, 0.6) is 5.75 Å². The number of likely N-dealkylation sites (tertiary alicyclic amines) is 1. The third-order valence-corrected chi connectivity index (χ3v) is 4.65. The third-order valence-electron chi connectivity index (χ3n) is 4.65. The molecule has 1 aromatic rings. The lowest BCUT2D eigenvalue weighted by atomic mass is 9.93. The monoisotopic (exact) mass is 317 g/mol. The number of nitrogens with zero attached hydrogens (tertiary/aromatic N) is 1. The van der Waals surface area contributed by atoms with Crippen LogP contribution in [0.4, 0.5) is 0 Å². The van der Waals surface area contributed by atoms with E-state index < -0.39 is 5.97 Å². The molecule has 1 heterocycles. The van der Waals surface area contributed by atoms with Crippen molar-refractivity contribution in [3.8, 4) is 5.75 Å². The fourth-order valence-electron chi connectivity index (χ4n) is 3.02. The standard InChI is InChI=1S/C18H23NO4/c20-17(21)11-13-7-9-19(10-8-13)18(22)15-3-1-2-4-16(15)23-12-14-5-6-14/h1-4,13-14H,5-12H2,(H,20,21). The maximum Gasteiger partial charge on any atom is 0.303 e. The van der Waals surface area contributed by atoms with Gasteiger partial charge in [-0.2, -0.15) is 0 Å². The van der Waals surface area contributed by atoms with Crippen LogP contribution in [-0.2, 0) is 4.79 Å². The van der Waals surface area contributed by atoms with Gasteiger partial charge in [0.15, 0.2) is 0 Å². The number of carboxylic acids is 1. The second-order valence-corrected chi connectivity index (χ2v) is 6.58. The summed E-state index contributed by atoms with van der Waals surface area (Å²) < 4.78 is 5.82. The predicted octanol–water partition coefficient (Wildman–Crippen LogP) is 2.80. The van der Waals surface area contributed by atoms with E-state index in [0.29, 0.717) is 36.9 Å². The van der Waals surface area contributed by atoms with E-state index in [0.717, 1.165) is 12.8 Å². The van der Waals surface area contributed by atoms with E-state index in [-0.39, 0.29) is 18.2 Å². The van der Waals surface area contributed by atoms with E-state index in [1.807, 2.05) is 29.2 Å². The molecule has 2 aliphatic rings. The van der Waals surface area contributed by atoms with Crippen LogP contribution >= 0.6 is 0 Å². The smallest absolute Gasteiger partial charge is 0.303 e. The molecule has 0 atom stereocenters. The zero-order chi connectivity index (χ0) is 16.2. The summed E-state index contributed by atoms with van der Waals surface area (Å²) in [6.45, 7) is 1.92. The van der Waals surface area contributed by atoms with E-state index in [4.69, 9.17) is 9.84 Å². The van der Waals surface area contributed by atoms with Crippen molar-refractivity contribution in [3.63, 3.8) is 0 Å². The second-order valence-electron chi connectivity index (χ2n) is 6.58. The van der Waals surface area contributed by atoms with Crippen LogP contribution in [0.1, 0.15) is 42.5 Å². The Bertz CT molecular complexity index is 574. The van der Waals surface area contributed by atoms with Crippen LogP contribution in [0.15, 0.2) is 24.3 Å². The Hall–Kier alpha value is -2.04. The number of amides is 1. The molecule has 0 radical (unpaired) electrons. The highest BCUT2D eigenvalue weighted by Crippen LogP contribution is 2.31. The molecule has 23 heavy (non-hydrogen) atoms. The summed E-state index contributed by atoms with van der Waals surface area (Å²) in [5.41, 5.74) is 0.616. The maximum absolute atomic E-state index is 12.7. The number of para-hydroxylation sites is 1. The van der Waals surface area contributed by atoms with Crippen LogP contribution in [0.2, 0.25) is 0 Å². The van der Waals surface area contributed by atoms with Gasteiger partial charge in [0.25, 0.3) is 5.91 Å². The van der Waals surface area contributed by atoms with Crippen molar-refractivity contribution in [2.75, 3.05) is 19.7 Å². The van der Waals surface area contributed by atoms with Crippen LogP contribution in [0, 0.1) is 11.8 Å². The van der Waals surface area contributed by atoms with Crippen molar-refractivity contribution >= 4 is 11.9 Å². The molecule has 124 valence electrons. The summed E-state index contributed by atoms with van der Waals surface area (Å²) >= 11 is 0. The number of hydrogen-bond donors (Lipinski definition) is 1. The Balaban J connectivity index is 1.60. The topological polar surface area (TPSA) is 66.8 Å². The van der Waals surface area contributed by atoms with E-state index in [1.165, 1.54) is 12.8 Å². The summed E-state index contributed by atoms with van der Waals surface area (Å²) in [7, 11) is 0. The molecule has 0 bridgehead atoms. The first-order valence-corrected chi connectivity index (χ1v) is 8.36. The van der Waals surface area contributed by atoms with Crippen molar-refractivity contribution in [2.45, 2.75) is 32.1 Å². The molecule has 1 saturated heterocycles. The van der Waals surface area contributed by atoms with Gasteiger partial charge in [0.2, 0.25) is 0 Å². The van der Waals surface area contributed by atoms with Gasteiger partial charge >= 0.3 is 5.97 Å². The van der Waals surface area contributed by atoms with E-state index >= 15 is 0 Å². The Kier molecular flexibility index (Phi) is 4.84. The SMILES string of the molecule is O=C(O)CC1CCN(C(=O)c2ccccc2OCC2CC2)CC1. The first-order chi connectivity index (χ1) is 11.1. The molecule has 5 nitrogen and oxygen atoms in total. The first-order valence-electron chi connectivity index (χ1n) is 8.36. The zero-order valence-corrected chi connectivity index (χ0v) is 13.2. The van der Waals surface area contributed by atoms with Gasteiger partial charge in [-0.25, -0.2) is 0 Å². The van der Waals surface area contributed by atoms with Gasteiger partial charge in [0.05, 0.1) is 12.2 Å². The van der Waals surface area contributed by atoms with Crippen molar-refractivity contribution in [3.05, 3.63) is 29.8 Å². The summed E-state index contributed by atoms with van der Waals surface area (Å²) in [4.78, 5) is 25.3. The Morgan fingerprint density at radius 2 is 1.78 bits per heavy atom. The van der Waals surface area contributed by atoms with E-state index in [2.05, 4.69) is 0 Å². The molecule has 5 heteroatoms. The molecule has 1 saturated carbocycles. The fourth-order valence-corrected chi connectivity index (χ4v) is 3.02. The molecule has 1 amide bonds. The average molecular weight is 317 g/mol. The third kappa shape index (κ3) is 4.24. The Morgan fingerprint density at radius 1 is 1.09 bits per heavy atom. The summed E-state index contributed by atoms with van der Waals surface area (Å²) in [5.74, 6) is 0.721. The number of carboxylic acid groups (broad SMARTS) is 1. The molecular formula is C18H23NO4. The van der Waals surface area contributed by atoms with Crippen molar-refractivity contribution in [2.24, 2.45) is 11.8 Å². The lowest BCUT2D eigenvalue weighted by molar-refractivity contribution is -0.138. The minimum Gasteiger partial charge on any atom is -0.492 e. The fraction of sp³-hybridized carbons (Fsp3) is 0.556. The van der Waals surface area contributed by atoms with Crippen LogP contribution in [0.3, 0.4) is 0 Å². The van der Waals surface area contributed by atoms with Crippen molar-refractivity contribution < 1.29 is 19.4 Å². The first kappa shape index (κ1) is 15.8. The van der Waals surface area contributed by atoms with E-state index in [9.17, 15) is 9.59 Å². The number of aliphatic carboxylic acids is 1. The lowest BCUT2D eigenvalue weighted by Gasteiger charge is -2.31. The highest BCUT2D eigenvalue weighted by atomic mass is 16.5. The maximum atomic E-state index is 12.7. The number of carbonyl (C=O) groups excluding carboxylic acids is 1. The van der Waals surface area contributed by atoms with Gasteiger partial charge in [-0.1, -0.05) is 12.1 Å². The van der Waals surface area contributed by atoms with Gasteiger partial charge in [-0.15, -0.1) is 0 Å². The quantitative estimate of drug-likeness (QED) is 0.876. The number of ether oxygens (including phenoxy) is 1. The number of hydrogen-bond acceptors (Lipinski definition) is 3. The molecule has 1 aliphatic carbocycles. The van der Waals surface area contributed by atoms with Crippen LogP contribution in [0.25, 0.3) is 0 Å². The Labute approximate surface area is 136 Å². The molecule has 3 rings (SSSR count). The minimum absolute atomic E-state index is 0.00910. The molecular weight excluding hydrogens is 294 g/mol. The zero-order valence-electron chi connectivity index (χ0n) is 13.2. The number of carbonyl (C=O) groups is 2. The molecule has 1 aromatic carbocycles. The predicted molar refractivity (Wildman–Crippen MR) is 85.5 cm³/mol. The second kappa shape index (κ2) is 7.02. The lowest BCUT2D eigenvalue weighted by Crippen LogP contribution is -2.39. The van der Waals surface area contributed by atoms with Gasteiger partial charge in [-0.05, 0) is 49.7 Å². The average Bonchev–Trinajstić information content (AvgIpc) is 3.37. The molecule has 2 fully saturated rings. The molecule has 1 aliphatic heterocycles. The number of piperidine rings is 1. The summed E-state index contributed by atoms with van der Waals surface area (Å²) in [6.07, 6.45) is 4.13. The molecule has 0 aromatic heterocycles. The van der Waals surface area contributed by atoms with Gasteiger partial charge in [-0.3, -0.25) is 9.59 Å². The van der Waals surface area contributed by atoms with E-state index in [1.54, 1.807) is 0 Å². The summed E-state index contributed by atoms with van der Waals surface area (Å²) in [5, 5.41) is 8.87. The number of benzene rings is 1. The molecule has 1 N–H and O–H groups in total. The molecule has 0 spiro atoms. The van der Waals surface area contributed by atoms with Gasteiger partial charge in [0.1, 0.15) is 5.75 Å². The van der Waals surface area contributed by atoms with Crippen molar-refractivity contribution in [1.82, 2.24) is 4.90 Å². The highest BCUT2D eigenvalue weighted by Gasteiger charge is 2.27. The largest absolute Gasteiger partial charge is 0.492 e. The summed E-state index contributed by atoms with van der Waals surface area (Å²) in [6, 6.07) is 7.41. The minimum atomic E-state index is -0.756. The highest BCUT2D eigenvalue weighted by molar-refractivity contribution is 5.97. The Morgan fingerprint density at radius 3 is 2.43 bits per heavy atom. The van der Waals surface area contributed by atoms with Gasteiger partial charge < -0.3 is 14.7 Å². The van der Waals surface area contributed by atoms with Crippen LogP contribution < -0.4 is 4.74 Å². The van der Waals surface area contributed by atoms with Crippen LogP contribution in [-0.4, -0.2) is 41.6 Å². The number of rotatable bonds is 6. The van der Waals surface area contributed by atoms with Crippen molar-refractivity contribution in [1.29, 1.82) is 0 Å². The van der Waals surface area contributed by atoms with Gasteiger partial charge in [0, 0.05) is 19.5 Å².